The molecule has 3 heteroatoms. The summed E-state index contributed by atoms with van der Waals surface area (Å²) in [4.78, 5) is 5.07. The molecule has 0 saturated carbocycles. The molecule has 0 aliphatic carbocycles. The Kier molecular flexibility index (Phi) is 7.33. The van der Waals surface area contributed by atoms with E-state index in [1.165, 1.54) is 45.3 Å². The highest BCUT2D eigenvalue weighted by molar-refractivity contribution is 4.83. The van der Waals surface area contributed by atoms with Crippen molar-refractivity contribution in [3.63, 3.8) is 0 Å². The minimum absolute atomic E-state index is 0.404. The molecule has 1 saturated heterocycles. The number of hydrogen-bond donors (Lipinski definition) is 1. The Labute approximate surface area is 120 Å². The Morgan fingerprint density at radius 2 is 2.11 bits per heavy atom. The van der Waals surface area contributed by atoms with Gasteiger partial charge in [0.2, 0.25) is 0 Å². The number of hydrogen-bond acceptors (Lipinski definition) is 3. The Morgan fingerprint density at radius 1 is 1.37 bits per heavy atom. The van der Waals surface area contributed by atoms with Crippen LogP contribution in [0.1, 0.15) is 46.5 Å². The topological polar surface area (TPSA) is 18.5 Å². The molecular weight excluding hydrogens is 234 g/mol. The third-order valence-electron chi connectivity index (χ3n) is 4.68. The Bertz CT molecular complexity index is 244. The van der Waals surface area contributed by atoms with E-state index in [0.29, 0.717) is 5.41 Å². The van der Waals surface area contributed by atoms with Crippen molar-refractivity contribution in [1.82, 2.24) is 15.1 Å². The average molecular weight is 269 g/mol. The van der Waals surface area contributed by atoms with Crippen LogP contribution in [-0.4, -0.2) is 62.7 Å². The van der Waals surface area contributed by atoms with E-state index < -0.39 is 0 Å². The molecule has 0 radical (unpaired) electrons. The van der Waals surface area contributed by atoms with Crippen LogP contribution < -0.4 is 5.32 Å². The minimum atomic E-state index is 0.404. The van der Waals surface area contributed by atoms with Gasteiger partial charge in [-0.3, -0.25) is 0 Å². The molecule has 1 rings (SSSR count). The molecule has 2 atom stereocenters. The molecule has 0 aromatic rings. The molecule has 3 nitrogen and oxygen atoms in total. The first-order valence-electron chi connectivity index (χ1n) is 8.10. The second-order valence-corrected chi connectivity index (χ2v) is 6.81. The summed E-state index contributed by atoms with van der Waals surface area (Å²) in [7, 11) is 4.56. The van der Waals surface area contributed by atoms with Crippen LogP contribution in [0.3, 0.4) is 0 Å². The van der Waals surface area contributed by atoms with E-state index in [1.54, 1.807) is 0 Å². The summed E-state index contributed by atoms with van der Waals surface area (Å²) in [5.74, 6) is 0. The number of rotatable bonds is 9. The Morgan fingerprint density at radius 3 is 2.63 bits per heavy atom. The third kappa shape index (κ3) is 5.80. The van der Waals surface area contributed by atoms with Crippen molar-refractivity contribution in [2.24, 2.45) is 5.41 Å². The van der Waals surface area contributed by atoms with Crippen LogP contribution in [0.2, 0.25) is 0 Å². The minimum Gasteiger partial charge on any atom is -0.316 e. The summed E-state index contributed by atoms with van der Waals surface area (Å²) >= 11 is 0. The summed E-state index contributed by atoms with van der Waals surface area (Å²) < 4.78 is 0. The average Bonchev–Trinajstić information content (AvgIpc) is 2.75. The number of likely N-dealkylation sites (tertiary alicyclic amines) is 1. The van der Waals surface area contributed by atoms with Crippen molar-refractivity contribution in [3.8, 4) is 0 Å². The molecule has 1 N–H and O–H groups in total. The molecule has 114 valence electrons. The van der Waals surface area contributed by atoms with Gasteiger partial charge < -0.3 is 15.1 Å². The van der Waals surface area contributed by atoms with Crippen LogP contribution in [0.25, 0.3) is 0 Å². The molecule has 1 heterocycles. The predicted octanol–water partition coefficient (Wildman–Crippen LogP) is 2.43. The SMILES string of the molecule is CCCNCC(C)(CC)CN(C)CC1CCCN1C. The summed E-state index contributed by atoms with van der Waals surface area (Å²) in [6.45, 7) is 13.0. The van der Waals surface area contributed by atoms with Crippen LogP contribution in [-0.2, 0) is 0 Å². The molecule has 1 aliphatic rings. The fourth-order valence-corrected chi connectivity index (χ4v) is 3.15. The second kappa shape index (κ2) is 8.23. The molecule has 0 bridgehead atoms. The van der Waals surface area contributed by atoms with E-state index in [-0.39, 0.29) is 0 Å². The molecule has 1 aliphatic heterocycles. The lowest BCUT2D eigenvalue weighted by atomic mass is 9.86. The number of likely N-dealkylation sites (N-methyl/N-ethyl adjacent to an activating group) is 2. The van der Waals surface area contributed by atoms with Gasteiger partial charge in [0.25, 0.3) is 0 Å². The van der Waals surface area contributed by atoms with E-state index >= 15 is 0 Å². The van der Waals surface area contributed by atoms with E-state index in [2.05, 4.69) is 50.0 Å². The van der Waals surface area contributed by atoms with Crippen molar-refractivity contribution in [2.75, 3.05) is 46.8 Å². The van der Waals surface area contributed by atoms with E-state index in [4.69, 9.17) is 0 Å². The summed E-state index contributed by atoms with van der Waals surface area (Å²) in [5, 5.41) is 3.60. The first kappa shape index (κ1) is 16.9. The smallest absolute Gasteiger partial charge is 0.0220 e. The van der Waals surface area contributed by atoms with Gasteiger partial charge in [0, 0.05) is 25.7 Å². The molecule has 19 heavy (non-hydrogen) atoms. The zero-order valence-electron chi connectivity index (χ0n) is 13.8. The van der Waals surface area contributed by atoms with Gasteiger partial charge in [-0.25, -0.2) is 0 Å². The van der Waals surface area contributed by atoms with Gasteiger partial charge in [0.15, 0.2) is 0 Å². The van der Waals surface area contributed by atoms with E-state index in [0.717, 1.165) is 19.1 Å². The van der Waals surface area contributed by atoms with Crippen LogP contribution >= 0.6 is 0 Å². The quantitative estimate of drug-likeness (QED) is 0.649. The van der Waals surface area contributed by atoms with Crippen LogP contribution in [0.4, 0.5) is 0 Å². The van der Waals surface area contributed by atoms with Crippen molar-refractivity contribution in [1.29, 1.82) is 0 Å². The van der Waals surface area contributed by atoms with Gasteiger partial charge in [-0.2, -0.15) is 0 Å². The molecule has 0 aromatic heterocycles. The number of nitrogens with one attached hydrogen (secondary N) is 1. The molecular formula is C16H35N3. The van der Waals surface area contributed by atoms with E-state index in [1.807, 2.05) is 0 Å². The van der Waals surface area contributed by atoms with Gasteiger partial charge in [-0.15, -0.1) is 0 Å². The first-order valence-corrected chi connectivity index (χ1v) is 8.10. The highest BCUT2D eigenvalue weighted by atomic mass is 15.2. The van der Waals surface area contributed by atoms with Gasteiger partial charge in [-0.05, 0) is 58.3 Å². The largest absolute Gasteiger partial charge is 0.316 e. The van der Waals surface area contributed by atoms with Crippen molar-refractivity contribution in [2.45, 2.75) is 52.5 Å². The van der Waals surface area contributed by atoms with Crippen LogP contribution in [0, 0.1) is 5.41 Å². The zero-order chi connectivity index (χ0) is 14.3. The summed E-state index contributed by atoms with van der Waals surface area (Å²) in [6.07, 6.45) is 5.22. The van der Waals surface area contributed by atoms with Crippen LogP contribution in [0.15, 0.2) is 0 Å². The Balaban J connectivity index is 2.36. The lowest BCUT2D eigenvalue weighted by molar-refractivity contribution is 0.149. The lowest BCUT2D eigenvalue weighted by Gasteiger charge is -2.35. The molecule has 1 fully saturated rings. The Hall–Kier alpha value is -0.120. The van der Waals surface area contributed by atoms with Gasteiger partial charge in [-0.1, -0.05) is 20.8 Å². The molecule has 0 aromatic carbocycles. The molecule has 0 spiro atoms. The van der Waals surface area contributed by atoms with Crippen molar-refractivity contribution in [3.05, 3.63) is 0 Å². The highest BCUT2D eigenvalue weighted by Crippen LogP contribution is 2.23. The van der Waals surface area contributed by atoms with Gasteiger partial charge in [0.05, 0.1) is 0 Å². The summed E-state index contributed by atoms with van der Waals surface area (Å²) in [5.41, 5.74) is 0.404. The highest BCUT2D eigenvalue weighted by Gasteiger charge is 2.27. The molecule has 2 unspecified atom stereocenters. The number of nitrogens with zero attached hydrogens (tertiary/aromatic N) is 2. The standard InChI is InChI=1S/C16H35N3/c1-6-10-17-13-16(3,7-2)14-18(4)12-15-9-8-11-19(15)5/h15,17H,6-14H2,1-5H3. The van der Waals surface area contributed by atoms with Crippen LogP contribution in [0.5, 0.6) is 0 Å². The van der Waals surface area contributed by atoms with Gasteiger partial charge in [0.1, 0.15) is 0 Å². The van der Waals surface area contributed by atoms with Gasteiger partial charge >= 0.3 is 0 Å². The van der Waals surface area contributed by atoms with Crippen molar-refractivity contribution >= 4 is 0 Å². The normalized spacial score (nSPS) is 24.0. The second-order valence-electron chi connectivity index (χ2n) is 6.81. The molecule has 0 amide bonds. The predicted molar refractivity (Wildman–Crippen MR) is 84.7 cm³/mol. The maximum absolute atomic E-state index is 3.60. The third-order valence-corrected chi connectivity index (χ3v) is 4.68. The monoisotopic (exact) mass is 269 g/mol. The fourth-order valence-electron chi connectivity index (χ4n) is 3.15. The first-order chi connectivity index (χ1) is 9.00. The maximum atomic E-state index is 3.60. The zero-order valence-corrected chi connectivity index (χ0v) is 13.8. The summed E-state index contributed by atoms with van der Waals surface area (Å²) in [6, 6.07) is 0.773. The van der Waals surface area contributed by atoms with E-state index in [9.17, 15) is 0 Å². The maximum Gasteiger partial charge on any atom is 0.0220 e. The van der Waals surface area contributed by atoms with Crippen molar-refractivity contribution < 1.29 is 0 Å². The lowest BCUT2D eigenvalue weighted by Crippen LogP contribution is -2.44. The fraction of sp³-hybridized carbons (Fsp3) is 1.00.